The molecule has 0 aromatic carbocycles. The summed E-state index contributed by atoms with van der Waals surface area (Å²) in [6.07, 6.45) is 3.62. The van der Waals surface area contributed by atoms with Gasteiger partial charge in [-0.15, -0.1) is 10.2 Å². The van der Waals surface area contributed by atoms with E-state index in [0.29, 0.717) is 17.4 Å². The molecule has 3 aromatic rings. The van der Waals surface area contributed by atoms with Crippen LogP contribution in [0.1, 0.15) is 29.1 Å². The molecule has 0 radical (unpaired) electrons. The van der Waals surface area contributed by atoms with Gasteiger partial charge < -0.3 is 19.2 Å². The molecular formula is C18H20N6O5S. The number of ether oxygens (including phenoxy) is 2. The maximum Gasteiger partial charge on any atom is 0.381 e. The summed E-state index contributed by atoms with van der Waals surface area (Å²) in [6, 6.07) is 3.25. The molecule has 4 heterocycles. The molecule has 0 aliphatic carbocycles. The minimum absolute atomic E-state index is 0.00286. The number of nitrogens with zero attached hydrogens (tertiary/aromatic N) is 4. The number of hydrogen-bond donors (Lipinski definition) is 2. The first-order valence-corrected chi connectivity index (χ1v) is 10.1. The third kappa shape index (κ3) is 4.19. The Labute approximate surface area is 175 Å². The molecule has 1 aliphatic rings. The van der Waals surface area contributed by atoms with Gasteiger partial charge >= 0.3 is 5.63 Å². The fraction of sp³-hybridized carbons (Fsp3) is 0.389. The average molecular weight is 432 g/mol. The molecule has 12 heteroatoms. The maximum atomic E-state index is 12.6. The van der Waals surface area contributed by atoms with E-state index in [1.807, 2.05) is 13.0 Å². The monoisotopic (exact) mass is 432 g/mol. The van der Waals surface area contributed by atoms with Gasteiger partial charge in [-0.05, 0) is 25.8 Å². The maximum absolute atomic E-state index is 12.6. The molecule has 30 heavy (non-hydrogen) atoms. The summed E-state index contributed by atoms with van der Waals surface area (Å²) in [7, 11) is 1.36. The number of anilines is 2. The second-order valence-corrected chi connectivity index (χ2v) is 7.55. The van der Waals surface area contributed by atoms with Crippen LogP contribution in [0.2, 0.25) is 0 Å². The highest BCUT2D eigenvalue weighted by molar-refractivity contribution is 7.17. The van der Waals surface area contributed by atoms with Crippen molar-refractivity contribution >= 4 is 28.1 Å². The Morgan fingerprint density at radius 2 is 2.30 bits per heavy atom. The van der Waals surface area contributed by atoms with Crippen molar-refractivity contribution in [2.45, 2.75) is 25.9 Å². The topological polar surface area (TPSA) is 133 Å². The molecule has 1 fully saturated rings. The Morgan fingerprint density at radius 3 is 3.00 bits per heavy atom. The SMILES string of the molecule is COc1c(NC[C@@H]2CCCO2)cc(C(=O)Nc2nnc(-n3nccc3C)s2)oc1=O. The van der Waals surface area contributed by atoms with Crippen LogP contribution in [0.25, 0.3) is 5.13 Å². The van der Waals surface area contributed by atoms with E-state index in [9.17, 15) is 9.59 Å². The van der Waals surface area contributed by atoms with Crippen LogP contribution in [-0.2, 0) is 4.74 Å². The van der Waals surface area contributed by atoms with Gasteiger partial charge in [-0.1, -0.05) is 11.3 Å². The van der Waals surface area contributed by atoms with Gasteiger partial charge in [0.15, 0.2) is 5.76 Å². The zero-order valence-corrected chi connectivity index (χ0v) is 17.2. The number of aromatic nitrogens is 4. The van der Waals surface area contributed by atoms with E-state index in [2.05, 4.69) is 25.9 Å². The van der Waals surface area contributed by atoms with Crippen LogP contribution >= 0.6 is 11.3 Å². The second-order valence-electron chi connectivity index (χ2n) is 6.59. The lowest BCUT2D eigenvalue weighted by atomic mass is 10.2. The Kier molecular flexibility index (Phi) is 5.77. The standard InChI is InChI=1S/C18H20N6O5S/c1-10-5-6-20-24(10)18-23-22-17(30-18)21-15(25)13-8-12(14(27-2)16(26)29-13)19-9-11-4-3-7-28-11/h5-6,8,11,19H,3-4,7,9H2,1-2H3,(H,21,22,25)/t11-/m0/s1. The summed E-state index contributed by atoms with van der Waals surface area (Å²) < 4.78 is 17.4. The molecular weight excluding hydrogens is 412 g/mol. The van der Waals surface area contributed by atoms with Crippen molar-refractivity contribution in [3.63, 3.8) is 0 Å². The van der Waals surface area contributed by atoms with Crippen molar-refractivity contribution in [3.8, 4) is 10.9 Å². The first kappa shape index (κ1) is 20.0. The molecule has 1 amide bonds. The van der Waals surface area contributed by atoms with Crippen molar-refractivity contribution in [3.05, 3.63) is 40.2 Å². The molecule has 1 saturated heterocycles. The molecule has 0 saturated carbocycles. The number of methoxy groups -OCH3 is 1. The van der Waals surface area contributed by atoms with Crippen LogP contribution in [0.3, 0.4) is 0 Å². The summed E-state index contributed by atoms with van der Waals surface area (Å²) in [5.74, 6) is -0.811. The van der Waals surface area contributed by atoms with Crippen molar-refractivity contribution in [1.82, 2.24) is 20.0 Å². The predicted octanol–water partition coefficient (Wildman–Crippen LogP) is 1.84. The smallest absolute Gasteiger partial charge is 0.381 e. The van der Waals surface area contributed by atoms with Gasteiger partial charge in [-0.2, -0.15) is 5.10 Å². The third-order valence-corrected chi connectivity index (χ3v) is 5.34. The first-order chi connectivity index (χ1) is 14.5. The number of aryl methyl sites for hydroxylation is 1. The highest BCUT2D eigenvalue weighted by Gasteiger charge is 2.21. The highest BCUT2D eigenvalue weighted by Crippen LogP contribution is 2.24. The van der Waals surface area contributed by atoms with Crippen molar-refractivity contribution in [2.75, 3.05) is 30.9 Å². The fourth-order valence-electron chi connectivity index (χ4n) is 3.03. The van der Waals surface area contributed by atoms with Gasteiger partial charge in [0.1, 0.15) is 0 Å². The summed E-state index contributed by atoms with van der Waals surface area (Å²) in [4.78, 5) is 24.9. The molecule has 3 aromatic heterocycles. The third-order valence-electron chi connectivity index (χ3n) is 4.53. The van der Waals surface area contributed by atoms with Crippen LogP contribution in [0.15, 0.2) is 27.5 Å². The van der Waals surface area contributed by atoms with Crippen LogP contribution in [0.5, 0.6) is 5.75 Å². The van der Waals surface area contributed by atoms with E-state index in [4.69, 9.17) is 13.9 Å². The van der Waals surface area contributed by atoms with Crippen molar-refractivity contribution in [2.24, 2.45) is 0 Å². The number of rotatable bonds is 7. The zero-order valence-electron chi connectivity index (χ0n) is 16.4. The minimum Gasteiger partial charge on any atom is -0.488 e. The van der Waals surface area contributed by atoms with E-state index in [1.165, 1.54) is 13.2 Å². The summed E-state index contributed by atoms with van der Waals surface area (Å²) in [6.45, 7) is 3.09. The first-order valence-electron chi connectivity index (χ1n) is 9.28. The quantitative estimate of drug-likeness (QED) is 0.573. The number of carbonyl (C=O) groups is 1. The molecule has 2 N–H and O–H groups in total. The lowest BCUT2D eigenvalue weighted by molar-refractivity contribution is 0.0991. The Morgan fingerprint density at radius 1 is 1.43 bits per heavy atom. The van der Waals surface area contributed by atoms with Crippen LogP contribution in [0, 0.1) is 6.92 Å². The molecule has 4 rings (SSSR count). The molecule has 0 unspecified atom stereocenters. The molecule has 1 aliphatic heterocycles. The van der Waals surface area contributed by atoms with E-state index >= 15 is 0 Å². The number of hydrogen-bond acceptors (Lipinski definition) is 10. The summed E-state index contributed by atoms with van der Waals surface area (Å²) >= 11 is 1.14. The average Bonchev–Trinajstić information content (AvgIpc) is 3.48. The van der Waals surface area contributed by atoms with Gasteiger partial charge in [0, 0.05) is 31.1 Å². The lowest BCUT2D eigenvalue weighted by Gasteiger charge is -2.14. The van der Waals surface area contributed by atoms with Gasteiger partial charge in [-0.3, -0.25) is 10.1 Å². The molecule has 1 atom stereocenters. The fourth-order valence-corrected chi connectivity index (χ4v) is 3.79. The van der Waals surface area contributed by atoms with E-state index in [0.717, 1.165) is 36.5 Å². The molecule has 0 spiro atoms. The van der Waals surface area contributed by atoms with Crippen molar-refractivity contribution in [1.29, 1.82) is 0 Å². The van der Waals surface area contributed by atoms with Crippen LogP contribution < -0.4 is 21.0 Å². The summed E-state index contributed by atoms with van der Waals surface area (Å²) in [5.41, 5.74) is 0.483. The Balaban J connectivity index is 1.51. The van der Waals surface area contributed by atoms with Crippen LogP contribution in [0.4, 0.5) is 10.8 Å². The molecule has 0 bridgehead atoms. The van der Waals surface area contributed by atoms with Crippen LogP contribution in [-0.4, -0.2) is 52.3 Å². The van der Waals surface area contributed by atoms with E-state index in [-0.39, 0.29) is 22.7 Å². The number of nitrogens with one attached hydrogen (secondary N) is 2. The zero-order chi connectivity index (χ0) is 21.1. The van der Waals surface area contributed by atoms with Gasteiger partial charge in [0.25, 0.3) is 5.91 Å². The second kappa shape index (κ2) is 8.63. The molecule has 158 valence electrons. The van der Waals surface area contributed by atoms with Crippen molar-refractivity contribution < 1.29 is 18.7 Å². The van der Waals surface area contributed by atoms with Gasteiger partial charge in [0.2, 0.25) is 16.0 Å². The number of amides is 1. The minimum atomic E-state index is -0.759. The molecule has 11 nitrogen and oxygen atoms in total. The van der Waals surface area contributed by atoms with E-state index in [1.54, 1.807) is 10.9 Å². The van der Waals surface area contributed by atoms with Gasteiger partial charge in [-0.25, -0.2) is 9.48 Å². The van der Waals surface area contributed by atoms with E-state index < -0.39 is 11.5 Å². The lowest BCUT2D eigenvalue weighted by Crippen LogP contribution is -2.21. The largest absolute Gasteiger partial charge is 0.488 e. The normalized spacial score (nSPS) is 15.9. The van der Waals surface area contributed by atoms with Gasteiger partial charge in [0.05, 0.1) is 18.9 Å². The Bertz CT molecular complexity index is 1100. The number of carbonyl (C=O) groups excluding carboxylic acids is 1. The predicted molar refractivity (Wildman–Crippen MR) is 109 cm³/mol. The highest BCUT2D eigenvalue weighted by atomic mass is 32.1. The Hall–Kier alpha value is -3.25. The summed E-state index contributed by atoms with van der Waals surface area (Å²) in [5, 5.41) is 18.6.